The van der Waals surface area contributed by atoms with Gasteiger partial charge in [-0.15, -0.1) is 0 Å². The predicted octanol–water partition coefficient (Wildman–Crippen LogP) is 3.61. The molecule has 2 N–H and O–H groups in total. The van der Waals surface area contributed by atoms with Crippen LogP contribution < -0.4 is 10.9 Å². The molecule has 1 aromatic carbocycles. The summed E-state index contributed by atoms with van der Waals surface area (Å²) >= 11 is 6.00. The van der Waals surface area contributed by atoms with Crippen molar-refractivity contribution in [1.29, 1.82) is 0 Å². The van der Waals surface area contributed by atoms with E-state index in [1.54, 1.807) is 42.5 Å². The largest absolute Gasteiger partial charge is 0.463 e. The van der Waals surface area contributed by atoms with Crippen LogP contribution in [0.1, 0.15) is 28.0 Å². The van der Waals surface area contributed by atoms with Gasteiger partial charge in [0, 0.05) is 22.2 Å². The predicted molar refractivity (Wildman–Crippen MR) is 111 cm³/mol. The Balaban J connectivity index is 1.59. The first-order valence-corrected chi connectivity index (χ1v) is 9.79. The van der Waals surface area contributed by atoms with E-state index in [4.69, 9.17) is 16.0 Å². The lowest BCUT2D eigenvalue weighted by Gasteiger charge is -2.09. The van der Waals surface area contributed by atoms with E-state index < -0.39 is 0 Å². The van der Waals surface area contributed by atoms with Crippen molar-refractivity contribution < 1.29 is 9.21 Å². The molecule has 1 aliphatic carbocycles. The van der Waals surface area contributed by atoms with Crippen LogP contribution in [0.4, 0.5) is 5.82 Å². The third-order valence-corrected chi connectivity index (χ3v) is 5.18. The lowest BCUT2D eigenvalue weighted by atomic mass is 10.2. The molecule has 0 unspecified atom stereocenters. The highest BCUT2D eigenvalue weighted by molar-refractivity contribution is 6.31. The standard InChI is InChI=1S/C21H16ClN5O3/c22-13-5-1-4-12(10-13)19(28)24-18-11-16(17-8-3-9-30-17)26-27(18)21-23-15-7-2-6-14(15)20(29)25-21/h1,3-5,8-11H,2,6-7H2,(H,24,28)(H,23,25,29). The van der Waals surface area contributed by atoms with Crippen LogP contribution in [0.25, 0.3) is 17.4 Å². The molecule has 0 aliphatic heterocycles. The second-order valence-electron chi connectivity index (χ2n) is 6.94. The third-order valence-electron chi connectivity index (χ3n) is 4.94. The molecule has 9 heteroatoms. The maximum Gasteiger partial charge on any atom is 0.256 e. The molecule has 8 nitrogen and oxygen atoms in total. The number of aromatic nitrogens is 4. The molecule has 5 rings (SSSR count). The van der Waals surface area contributed by atoms with Crippen molar-refractivity contribution >= 4 is 23.3 Å². The number of nitrogens with one attached hydrogen (secondary N) is 2. The molecule has 150 valence electrons. The summed E-state index contributed by atoms with van der Waals surface area (Å²) in [7, 11) is 0. The lowest BCUT2D eigenvalue weighted by molar-refractivity contribution is 0.102. The van der Waals surface area contributed by atoms with Gasteiger partial charge in [-0.05, 0) is 49.6 Å². The van der Waals surface area contributed by atoms with Crippen LogP contribution in [0.3, 0.4) is 0 Å². The Hall–Kier alpha value is -3.65. The SMILES string of the molecule is O=C(Nc1cc(-c2ccco2)nn1-c1nc2c(c(=O)[nH]1)CCC2)c1cccc(Cl)c1. The Morgan fingerprint density at radius 1 is 1.20 bits per heavy atom. The van der Waals surface area contributed by atoms with Crippen molar-refractivity contribution in [3.8, 4) is 17.4 Å². The van der Waals surface area contributed by atoms with Gasteiger partial charge in [0.1, 0.15) is 11.5 Å². The second-order valence-corrected chi connectivity index (χ2v) is 7.37. The number of halogens is 1. The summed E-state index contributed by atoms with van der Waals surface area (Å²) in [6, 6.07) is 11.8. The van der Waals surface area contributed by atoms with Gasteiger partial charge >= 0.3 is 0 Å². The number of amides is 1. The molecular weight excluding hydrogens is 406 g/mol. The van der Waals surface area contributed by atoms with Crippen LogP contribution in [0.15, 0.2) is 57.9 Å². The van der Waals surface area contributed by atoms with Gasteiger partial charge in [0.15, 0.2) is 5.76 Å². The number of aromatic amines is 1. The van der Waals surface area contributed by atoms with Gasteiger partial charge in [-0.2, -0.15) is 9.78 Å². The first-order chi connectivity index (χ1) is 14.6. The fourth-order valence-corrected chi connectivity index (χ4v) is 3.71. The molecule has 0 bridgehead atoms. The molecule has 3 heterocycles. The van der Waals surface area contributed by atoms with Gasteiger partial charge < -0.3 is 9.73 Å². The number of fused-ring (bicyclic) bond motifs is 1. The Morgan fingerprint density at radius 3 is 2.90 bits per heavy atom. The number of nitrogens with zero attached hydrogens (tertiary/aromatic N) is 3. The minimum atomic E-state index is -0.367. The zero-order valence-corrected chi connectivity index (χ0v) is 16.4. The van der Waals surface area contributed by atoms with Gasteiger partial charge in [-0.25, -0.2) is 4.98 Å². The Kier molecular flexibility index (Phi) is 4.48. The first kappa shape index (κ1) is 18.4. The fourth-order valence-electron chi connectivity index (χ4n) is 3.52. The van der Waals surface area contributed by atoms with Crippen LogP contribution in [0.5, 0.6) is 0 Å². The molecule has 0 spiro atoms. The number of H-pyrrole nitrogens is 1. The third kappa shape index (κ3) is 3.31. The fraction of sp³-hybridized carbons (Fsp3) is 0.143. The molecule has 0 saturated heterocycles. The minimum absolute atomic E-state index is 0.185. The van der Waals surface area contributed by atoms with E-state index in [1.165, 1.54) is 10.9 Å². The maximum atomic E-state index is 12.8. The average Bonchev–Trinajstić information content (AvgIpc) is 3.48. The normalized spacial score (nSPS) is 12.7. The van der Waals surface area contributed by atoms with E-state index in [2.05, 4.69) is 20.4 Å². The van der Waals surface area contributed by atoms with E-state index in [9.17, 15) is 9.59 Å². The monoisotopic (exact) mass is 421 g/mol. The summed E-state index contributed by atoms with van der Waals surface area (Å²) in [4.78, 5) is 32.6. The summed E-state index contributed by atoms with van der Waals surface area (Å²) in [5.41, 5.74) is 2.17. The quantitative estimate of drug-likeness (QED) is 0.523. The smallest absolute Gasteiger partial charge is 0.256 e. The first-order valence-electron chi connectivity index (χ1n) is 9.42. The van der Waals surface area contributed by atoms with Crippen molar-refractivity contribution in [2.75, 3.05) is 5.32 Å². The highest BCUT2D eigenvalue weighted by Gasteiger charge is 2.21. The number of hydrogen-bond acceptors (Lipinski definition) is 5. The number of furan rings is 1. The Morgan fingerprint density at radius 2 is 2.10 bits per heavy atom. The molecule has 0 fully saturated rings. The molecule has 0 radical (unpaired) electrons. The molecule has 3 aromatic heterocycles. The van der Waals surface area contributed by atoms with Crippen LogP contribution in [0, 0.1) is 0 Å². The van der Waals surface area contributed by atoms with Gasteiger partial charge in [0.05, 0.1) is 12.0 Å². The number of rotatable bonds is 4. The van der Waals surface area contributed by atoms with E-state index >= 15 is 0 Å². The van der Waals surface area contributed by atoms with Gasteiger partial charge in [0.2, 0.25) is 5.95 Å². The van der Waals surface area contributed by atoms with Crippen LogP contribution in [-0.4, -0.2) is 25.7 Å². The number of benzene rings is 1. The van der Waals surface area contributed by atoms with Gasteiger partial charge in [-0.1, -0.05) is 17.7 Å². The summed E-state index contributed by atoms with van der Waals surface area (Å²) in [6.45, 7) is 0. The number of carbonyl (C=O) groups is 1. The van der Waals surface area contributed by atoms with Gasteiger partial charge in [0.25, 0.3) is 11.5 Å². The molecule has 0 atom stereocenters. The molecule has 4 aromatic rings. The second kappa shape index (κ2) is 7.31. The van der Waals surface area contributed by atoms with Crippen LogP contribution in [0.2, 0.25) is 5.02 Å². The van der Waals surface area contributed by atoms with E-state index in [0.29, 0.717) is 39.8 Å². The summed E-state index contributed by atoms with van der Waals surface area (Å²) in [5.74, 6) is 0.732. The molecule has 30 heavy (non-hydrogen) atoms. The summed E-state index contributed by atoms with van der Waals surface area (Å²) in [6.07, 6.45) is 3.88. The molecule has 1 amide bonds. The Labute approximate surface area is 175 Å². The minimum Gasteiger partial charge on any atom is -0.463 e. The average molecular weight is 422 g/mol. The summed E-state index contributed by atoms with van der Waals surface area (Å²) in [5, 5.41) is 7.78. The number of hydrogen-bond donors (Lipinski definition) is 2. The van der Waals surface area contributed by atoms with Crippen molar-refractivity contribution in [1.82, 2.24) is 19.7 Å². The summed E-state index contributed by atoms with van der Waals surface area (Å²) < 4.78 is 6.83. The molecular formula is C21H16ClN5O3. The topological polar surface area (TPSA) is 106 Å². The highest BCUT2D eigenvalue weighted by Crippen LogP contribution is 2.25. The number of anilines is 1. The van der Waals surface area contributed by atoms with Crippen molar-refractivity contribution in [2.45, 2.75) is 19.3 Å². The Bertz CT molecular complexity index is 1310. The van der Waals surface area contributed by atoms with Crippen molar-refractivity contribution in [3.63, 3.8) is 0 Å². The highest BCUT2D eigenvalue weighted by atomic mass is 35.5. The zero-order valence-electron chi connectivity index (χ0n) is 15.7. The number of carbonyl (C=O) groups excluding carboxylic acids is 1. The van der Waals surface area contributed by atoms with Crippen LogP contribution >= 0.6 is 11.6 Å². The van der Waals surface area contributed by atoms with E-state index in [1.807, 2.05) is 0 Å². The van der Waals surface area contributed by atoms with E-state index in [0.717, 1.165) is 18.5 Å². The zero-order chi connectivity index (χ0) is 20.7. The van der Waals surface area contributed by atoms with Crippen molar-refractivity contribution in [2.24, 2.45) is 0 Å². The van der Waals surface area contributed by atoms with Crippen LogP contribution in [-0.2, 0) is 12.8 Å². The van der Waals surface area contributed by atoms with Gasteiger partial charge in [-0.3, -0.25) is 14.6 Å². The maximum absolute atomic E-state index is 12.8. The molecule has 0 saturated carbocycles. The van der Waals surface area contributed by atoms with Crippen molar-refractivity contribution in [3.05, 3.63) is 80.9 Å². The van der Waals surface area contributed by atoms with E-state index in [-0.39, 0.29) is 17.4 Å². The lowest BCUT2D eigenvalue weighted by Crippen LogP contribution is -2.21. The molecule has 1 aliphatic rings. The number of aryl methyl sites for hydroxylation is 1.